The van der Waals surface area contributed by atoms with Gasteiger partial charge in [-0.25, -0.2) is 0 Å². The van der Waals surface area contributed by atoms with Crippen LogP contribution in [0.4, 0.5) is 5.69 Å². The molecule has 1 heterocycles. The number of amides is 2. The molecule has 0 saturated heterocycles. The zero-order valence-electron chi connectivity index (χ0n) is 15.2. The van der Waals surface area contributed by atoms with Crippen molar-refractivity contribution in [3.05, 3.63) is 100 Å². The fraction of sp³-hybridized carbons (Fsp3) is 0.130. The number of hydrogen-bond donors (Lipinski definition) is 1. The van der Waals surface area contributed by atoms with Gasteiger partial charge in [0.1, 0.15) is 0 Å². The number of benzene rings is 3. The number of nitrogens with one attached hydrogen (secondary N) is 1. The Bertz CT molecular complexity index is 1030. The predicted octanol–water partition coefficient (Wildman–Crippen LogP) is 4.79. The first-order valence-electron chi connectivity index (χ1n) is 9.13. The topological polar surface area (TPSA) is 49.4 Å². The summed E-state index contributed by atoms with van der Waals surface area (Å²) in [5.74, 6) is -0.260. The van der Waals surface area contributed by atoms with Crippen LogP contribution in [0.5, 0.6) is 0 Å². The smallest absolute Gasteiger partial charge is 0.255 e. The van der Waals surface area contributed by atoms with E-state index in [1.165, 1.54) is 11.1 Å². The summed E-state index contributed by atoms with van der Waals surface area (Å²) in [6.45, 7) is 1.32. The summed E-state index contributed by atoms with van der Waals surface area (Å²) in [6.07, 6.45) is 0.863. The van der Waals surface area contributed by atoms with E-state index < -0.39 is 0 Å². The first-order chi connectivity index (χ1) is 13.6. The molecule has 28 heavy (non-hydrogen) atoms. The Morgan fingerprint density at radius 1 is 0.857 bits per heavy atom. The van der Waals surface area contributed by atoms with Crippen LogP contribution in [0.15, 0.2) is 72.8 Å². The molecule has 0 unspecified atom stereocenters. The van der Waals surface area contributed by atoms with E-state index in [9.17, 15) is 9.59 Å². The van der Waals surface area contributed by atoms with Gasteiger partial charge in [-0.3, -0.25) is 9.59 Å². The van der Waals surface area contributed by atoms with E-state index in [0.717, 1.165) is 6.42 Å². The number of anilines is 1. The van der Waals surface area contributed by atoms with E-state index in [0.29, 0.717) is 34.9 Å². The number of hydrogen-bond acceptors (Lipinski definition) is 2. The number of rotatable bonds is 3. The van der Waals surface area contributed by atoms with Crippen molar-refractivity contribution in [2.75, 3.05) is 11.9 Å². The lowest BCUT2D eigenvalue weighted by Gasteiger charge is -2.29. The molecule has 1 N–H and O–H groups in total. The molecule has 1 aliphatic rings. The van der Waals surface area contributed by atoms with Crippen LogP contribution in [0.1, 0.15) is 31.8 Å². The lowest BCUT2D eigenvalue weighted by atomic mass is 9.99. The van der Waals surface area contributed by atoms with Gasteiger partial charge in [0.05, 0.1) is 0 Å². The van der Waals surface area contributed by atoms with Crippen molar-refractivity contribution in [1.29, 1.82) is 0 Å². The van der Waals surface area contributed by atoms with Crippen molar-refractivity contribution in [2.24, 2.45) is 0 Å². The van der Waals surface area contributed by atoms with Gasteiger partial charge in [0.25, 0.3) is 11.8 Å². The summed E-state index contributed by atoms with van der Waals surface area (Å²) in [4.78, 5) is 27.1. The average Bonchev–Trinajstić information content (AvgIpc) is 2.73. The molecule has 4 nitrogen and oxygen atoms in total. The minimum atomic E-state index is -0.242. The molecule has 0 atom stereocenters. The first kappa shape index (κ1) is 18.3. The van der Waals surface area contributed by atoms with E-state index in [2.05, 4.69) is 17.4 Å². The average molecular weight is 391 g/mol. The Kier molecular flexibility index (Phi) is 5.13. The molecule has 0 aliphatic carbocycles. The molecule has 0 spiro atoms. The van der Waals surface area contributed by atoms with Crippen LogP contribution in [0.3, 0.4) is 0 Å². The maximum Gasteiger partial charge on any atom is 0.255 e. The number of carbonyl (C=O) groups excluding carboxylic acids is 2. The van der Waals surface area contributed by atoms with Gasteiger partial charge in [-0.05, 0) is 60.0 Å². The van der Waals surface area contributed by atoms with Crippen LogP contribution in [0, 0.1) is 0 Å². The SMILES string of the molecule is O=C(Nc1cccc(Cl)c1)c1ccc(C(=O)N2CCc3ccccc3C2)cc1. The van der Waals surface area contributed by atoms with Gasteiger partial charge in [-0.15, -0.1) is 0 Å². The largest absolute Gasteiger partial charge is 0.334 e. The summed E-state index contributed by atoms with van der Waals surface area (Å²) in [6, 6.07) is 21.9. The zero-order chi connectivity index (χ0) is 19.5. The molecule has 0 saturated carbocycles. The monoisotopic (exact) mass is 390 g/mol. The van der Waals surface area contributed by atoms with E-state index in [1.807, 2.05) is 17.0 Å². The lowest BCUT2D eigenvalue weighted by molar-refractivity contribution is 0.0734. The molecule has 5 heteroatoms. The second-order valence-electron chi connectivity index (χ2n) is 6.79. The van der Waals surface area contributed by atoms with Gasteiger partial charge < -0.3 is 10.2 Å². The van der Waals surface area contributed by atoms with Crippen LogP contribution in [0.2, 0.25) is 5.02 Å². The van der Waals surface area contributed by atoms with Crippen molar-refractivity contribution in [3.63, 3.8) is 0 Å². The third kappa shape index (κ3) is 3.92. The molecule has 0 bridgehead atoms. The zero-order valence-corrected chi connectivity index (χ0v) is 15.9. The van der Waals surface area contributed by atoms with E-state index in [4.69, 9.17) is 11.6 Å². The van der Waals surface area contributed by atoms with Gasteiger partial charge in [-0.1, -0.05) is 41.9 Å². The van der Waals surface area contributed by atoms with Gasteiger partial charge >= 0.3 is 0 Å². The van der Waals surface area contributed by atoms with Crippen molar-refractivity contribution in [2.45, 2.75) is 13.0 Å². The fourth-order valence-electron chi connectivity index (χ4n) is 3.39. The van der Waals surface area contributed by atoms with Crippen LogP contribution in [-0.4, -0.2) is 23.3 Å². The quantitative estimate of drug-likeness (QED) is 0.698. The Morgan fingerprint density at radius 2 is 1.57 bits per heavy atom. The highest BCUT2D eigenvalue weighted by Crippen LogP contribution is 2.21. The summed E-state index contributed by atoms with van der Waals surface area (Å²) in [7, 11) is 0. The van der Waals surface area contributed by atoms with Gasteiger partial charge in [0.2, 0.25) is 0 Å². The standard InChI is InChI=1S/C23H19ClN2O2/c24-20-6-3-7-21(14-20)25-22(27)17-8-10-18(11-9-17)23(28)26-13-12-16-4-1-2-5-19(16)15-26/h1-11,14H,12-13,15H2,(H,25,27). The molecule has 3 aromatic rings. The Morgan fingerprint density at radius 3 is 2.32 bits per heavy atom. The second-order valence-corrected chi connectivity index (χ2v) is 7.22. The minimum Gasteiger partial charge on any atom is -0.334 e. The highest BCUT2D eigenvalue weighted by Gasteiger charge is 2.21. The van der Waals surface area contributed by atoms with Crippen LogP contribution in [0.25, 0.3) is 0 Å². The molecular formula is C23H19ClN2O2. The fourth-order valence-corrected chi connectivity index (χ4v) is 3.58. The van der Waals surface area contributed by atoms with E-state index in [1.54, 1.807) is 48.5 Å². The van der Waals surface area contributed by atoms with Crippen molar-refractivity contribution in [3.8, 4) is 0 Å². The number of halogens is 1. The molecule has 0 aromatic heterocycles. The molecular weight excluding hydrogens is 372 g/mol. The van der Waals surface area contributed by atoms with Gasteiger partial charge in [0, 0.05) is 34.9 Å². The van der Waals surface area contributed by atoms with Crippen molar-refractivity contribution < 1.29 is 9.59 Å². The molecule has 1 aliphatic heterocycles. The van der Waals surface area contributed by atoms with Crippen molar-refractivity contribution >= 4 is 29.1 Å². The number of nitrogens with zero attached hydrogens (tertiary/aromatic N) is 1. The first-order valence-corrected chi connectivity index (χ1v) is 9.51. The van der Waals surface area contributed by atoms with Crippen LogP contribution < -0.4 is 5.32 Å². The number of carbonyl (C=O) groups is 2. The molecule has 2 amide bonds. The molecule has 0 fully saturated rings. The number of fused-ring (bicyclic) bond motifs is 1. The van der Waals surface area contributed by atoms with Crippen LogP contribution >= 0.6 is 11.6 Å². The third-order valence-electron chi connectivity index (χ3n) is 4.89. The van der Waals surface area contributed by atoms with E-state index in [-0.39, 0.29) is 11.8 Å². The maximum absolute atomic E-state index is 12.8. The van der Waals surface area contributed by atoms with Crippen molar-refractivity contribution in [1.82, 2.24) is 4.90 Å². The molecule has 140 valence electrons. The Labute approximate surface area is 168 Å². The van der Waals surface area contributed by atoms with E-state index >= 15 is 0 Å². The highest BCUT2D eigenvalue weighted by molar-refractivity contribution is 6.31. The summed E-state index contributed by atoms with van der Waals surface area (Å²) < 4.78 is 0. The lowest BCUT2D eigenvalue weighted by Crippen LogP contribution is -2.35. The Balaban J connectivity index is 1.44. The van der Waals surface area contributed by atoms with Gasteiger partial charge in [-0.2, -0.15) is 0 Å². The third-order valence-corrected chi connectivity index (χ3v) is 5.13. The molecule has 3 aromatic carbocycles. The summed E-state index contributed by atoms with van der Waals surface area (Å²) >= 11 is 5.94. The minimum absolute atomic E-state index is 0.0173. The Hall–Kier alpha value is -3.11. The normalized spacial score (nSPS) is 13.0. The highest BCUT2D eigenvalue weighted by atomic mass is 35.5. The predicted molar refractivity (Wildman–Crippen MR) is 111 cm³/mol. The van der Waals surface area contributed by atoms with Gasteiger partial charge in [0.15, 0.2) is 0 Å². The maximum atomic E-state index is 12.8. The second kappa shape index (κ2) is 7.87. The molecule has 4 rings (SSSR count). The molecule has 0 radical (unpaired) electrons. The summed E-state index contributed by atoms with van der Waals surface area (Å²) in [5, 5.41) is 3.36. The van der Waals surface area contributed by atoms with Crippen LogP contribution in [-0.2, 0) is 13.0 Å². The summed E-state index contributed by atoms with van der Waals surface area (Å²) in [5.41, 5.74) is 4.20.